The minimum absolute atomic E-state index is 0.0482. The molecule has 0 bridgehead atoms. The number of anilines is 1. The zero-order chi connectivity index (χ0) is 13.9. The van der Waals surface area contributed by atoms with E-state index in [1.165, 1.54) is 12.3 Å². The molecule has 3 aromatic heterocycles. The number of aromatic nitrogens is 3. The molecule has 0 aliphatic rings. The number of furan rings is 1. The number of rotatable bonds is 3. The number of halogens is 1. The second-order valence-electron chi connectivity index (χ2n) is 3.89. The molecule has 0 saturated carbocycles. The quantitative estimate of drug-likeness (QED) is 0.804. The lowest BCUT2D eigenvalue weighted by molar-refractivity contribution is 0.102. The lowest BCUT2D eigenvalue weighted by atomic mass is 10.3. The first-order valence-electron chi connectivity index (χ1n) is 5.75. The molecular weight excluding hydrogens is 280 g/mol. The maximum Gasteiger partial charge on any atom is 0.260 e. The van der Waals surface area contributed by atoms with Crippen molar-refractivity contribution in [2.24, 2.45) is 0 Å². The minimum Gasteiger partial charge on any atom is -0.452 e. The molecule has 0 unspecified atom stereocenters. The van der Waals surface area contributed by atoms with Crippen molar-refractivity contribution in [3.8, 4) is 5.82 Å². The van der Waals surface area contributed by atoms with Crippen molar-refractivity contribution in [2.45, 2.75) is 0 Å². The van der Waals surface area contributed by atoms with Crippen LogP contribution in [0.4, 0.5) is 5.69 Å². The van der Waals surface area contributed by atoms with E-state index in [2.05, 4.69) is 15.4 Å². The summed E-state index contributed by atoms with van der Waals surface area (Å²) in [6.45, 7) is 0. The van der Waals surface area contributed by atoms with E-state index in [-0.39, 0.29) is 16.7 Å². The standard InChI is InChI=1S/C13H9ClN4O2/c14-11-9(4-8-20-11)13(19)17-10-3-1-5-15-12(10)18-7-2-6-16-18/h1-8H,(H,17,19). The number of nitrogens with zero attached hydrogens (tertiary/aromatic N) is 3. The zero-order valence-electron chi connectivity index (χ0n) is 10.2. The van der Waals surface area contributed by atoms with Crippen LogP contribution in [0.25, 0.3) is 5.82 Å². The number of hydrogen-bond donors (Lipinski definition) is 1. The van der Waals surface area contributed by atoms with E-state index in [9.17, 15) is 4.79 Å². The Balaban J connectivity index is 1.92. The van der Waals surface area contributed by atoms with Gasteiger partial charge in [0.2, 0.25) is 5.22 Å². The van der Waals surface area contributed by atoms with Crippen molar-refractivity contribution < 1.29 is 9.21 Å². The van der Waals surface area contributed by atoms with Crippen LogP contribution in [0.3, 0.4) is 0 Å². The van der Waals surface area contributed by atoms with Gasteiger partial charge in [-0.15, -0.1) is 0 Å². The number of carbonyl (C=O) groups is 1. The number of nitrogens with one attached hydrogen (secondary N) is 1. The highest BCUT2D eigenvalue weighted by molar-refractivity contribution is 6.32. The van der Waals surface area contributed by atoms with E-state index >= 15 is 0 Å². The van der Waals surface area contributed by atoms with E-state index in [1.807, 2.05) is 0 Å². The number of pyridine rings is 1. The highest BCUT2D eigenvalue weighted by Crippen LogP contribution is 2.21. The van der Waals surface area contributed by atoms with Crippen molar-refractivity contribution in [2.75, 3.05) is 5.32 Å². The predicted molar refractivity (Wildman–Crippen MR) is 73.0 cm³/mol. The molecule has 0 saturated heterocycles. The molecule has 7 heteroatoms. The molecule has 0 aliphatic carbocycles. The van der Waals surface area contributed by atoms with E-state index in [4.69, 9.17) is 16.0 Å². The first-order valence-corrected chi connectivity index (χ1v) is 6.13. The Hall–Kier alpha value is -2.60. The van der Waals surface area contributed by atoms with Gasteiger partial charge in [-0.3, -0.25) is 4.79 Å². The Bertz CT molecular complexity index is 736. The lowest BCUT2D eigenvalue weighted by Gasteiger charge is -2.09. The molecule has 3 heterocycles. The molecular formula is C13H9ClN4O2. The highest BCUT2D eigenvalue weighted by atomic mass is 35.5. The van der Waals surface area contributed by atoms with Gasteiger partial charge in [-0.2, -0.15) is 5.10 Å². The summed E-state index contributed by atoms with van der Waals surface area (Å²) in [5.74, 6) is 0.149. The minimum atomic E-state index is -0.370. The largest absolute Gasteiger partial charge is 0.452 e. The van der Waals surface area contributed by atoms with Gasteiger partial charge in [-0.1, -0.05) is 0 Å². The third kappa shape index (κ3) is 2.28. The van der Waals surface area contributed by atoms with Crippen LogP contribution in [0.1, 0.15) is 10.4 Å². The zero-order valence-corrected chi connectivity index (χ0v) is 10.9. The monoisotopic (exact) mass is 288 g/mol. The third-order valence-corrected chi connectivity index (χ3v) is 2.91. The van der Waals surface area contributed by atoms with Gasteiger partial charge in [0.15, 0.2) is 5.82 Å². The fourth-order valence-corrected chi connectivity index (χ4v) is 1.92. The van der Waals surface area contributed by atoms with E-state index in [0.717, 1.165) is 0 Å². The Morgan fingerprint density at radius 1 is 1.30 bits per heavy atom. The number of amides is 1. The molecule has 0 aliphatic heterocycles. The molecule has 0 aromatic carbocycles. The SMILES string of the molecule is O=C(Nc1cccnc1-n1cccn1)c1ccoc1Cl. The Labute approximate surface area is 119 Å². The summed E-state index contributed by atoms with van der Waals surface area (Å²) in [5, 5.41) is 6.88. The summed E-state index contributed by atoms with van der Waals surface area (Å²) in [5.41, 5.74) is 0.792. The third-order valence-electron chi connectivity index (χ3n) is 2.62. The highest BCUT2D eigenvalue weighted by Gasteiger charge is 2.15. The molecule has 1 amide bonds. The molecule has 0 atom stereocenters. The fourth-order valence-electron chi connectivity index (χ4n) is 1.72. The van der Waals surface area contributed by atoms with Crippen molar-refractivity contribution in [3.63, 3.8) is 0 Å². The second kappa shape index (κ2) is 5.18. The summed E-state index contributed by atoms with van der Waals surface area (Å²) in [4.78, 5) is 16.3. The van der Waals surface area contributed by atoms with Gasteiger partial charge in [-0.05, 0) is 35.9 Å². The van der Waals surface area contributed by atoms with E-state index < -0.39 is 0 Å². The van der Waals surface area contributed by atoms with Gasteiger partial charge in [0.05, 0.1) is 17.5 Å². The lowest BCUT2D eigenvalue weighted by Crippen LogP contribution is -2.14. The van der Waals surface area contributed by atoms with Gasteiger partial charge >= 0.3 is 0 Å². The van der Waals surface area contributed by atoms with Crippen LogP contribution in [0, 0.1) is 0 Å². The smallest absolute Gasteiger partial charge is 0.260 e. The van der Waals surface area contributed by atoms with Crippen LogP contribution in [0.15, 0.2) is 53.5 Å². The van der Waals surface area contributed by atoms with Crippen molar-refractivity contribution in [1.82, 2.24) is 14.8 Å². The molecule has 100 valence electrons. The van der Waals surface area contributed by atoms with Gasteiger partial charge in [0, 0.05) is 18.6 Å². The summed E-state index contributed by atoms with van der Waals surface area (Å²) in [6, 6.07) is 6.73. The van der Waals surface area contributed by atoms with E-state index in [1.54, 1.807) is 41.5 Å². The summed E-state index contributed by atoms with van der Waals surface area (Å²) in [7, 11) is 0. The topological polar surface area (TPSA) is 73.0 Å². The normalized spacial score (nSPS) is 10.4. The first-order chi connectivity index (χ1) is 9.75. The summed E-state index contributed by atoms with van der Waals surface area (Å²) < 4.78 is 6.46. The molecule has 0 radical (unpaired) electrons. The van der Waals surface area contributed by atoms with Crippen molar-refractivity contribution in [1.29, 1.82) is 0 Å². The molecule has 6 nitrogen and oxygen atoms in total. The maximum atomic E-state index is 12.1. The van der Waals surface area contributed by atoms with Crippen LogP contribution in [-0.2, 0) is 0 Å². The maximum absolute atomic E-state index is 12.1. The first kappa shape index (κ1) is 12.4. The average Bonchev–Trinajstić information content (AvgIpc) is 3.10. The molecule has 0 spiro atoms. The summed E-state index contributed by atoms with van der Waals surface area (Å²) >= 11 is 5.78. The van der Waals surface area contributed by atoms with Gasteiger partial charge in [0.25, 0.3) is 5.91 Å². The van der Waals surface area contributed by atoms with Crippen LogP contribution >= 0.6 is 11.6 Å². The Morgan fingerprint density at radius 2 is 2.20 bits per heavy atom. The van der Waals surface area contributed by atoms with Gasteiger partial charge in [-0.25, -0.2) is 9.67 Å². The molecule has 1 N–H and O–H groups in total. The molecule has 3 aromatic rings. The molecule has 0 fully saturated rings. The van der Waals surface area contributed by atoms with Gasteiger partial charge in [0.1, 0.15) is 0 Å². The molecule has 3 rings (SSSR count). The summed E-state index contributed by atoms with van der Waals surface area (Å²) in [6.07, 6.45) is 6.35. The predicted octanol–water partition coefficient (Wildman–Crippen LogP) is 2.77. The van der Waals surface area contributed by atoms with Crippen molar-refractivity contribution in [3.05, 3.63) is 59.9 Å². The Kier molecular flexibility index (Phi) is 3.22. The van der Waals surface area contributed by atoms with Crippen LogP contribution < -0.4 is 5.32 Å². The second-order valence-corrected chi connectivity index (χ2v) is 4.23. The van der Waals surface area contributed by atoms with Crippen LogP contribution in [-0.4, -0.2) is 20.7 Å². The van der Waals surface area contributed by atoms with Gasteiger partial charge < -0.3 is 9.73 Å². The van der Waals surface area contributed by atoms with Crippen LogP contribution in [0.2, 0.25) is 5.22 Å². The number of carbonyl (C=O) groups excluding carboxylic acids is 1. The van der Waals surface area contributed by atoms with Crippen molar-refractivity contribution >= 4 is 23.2 Å². The molecule has 20 heavy (non-hydrogen) atoms. The fraction of sp³-hybridized carbons (Fsp3) is 0. The Morgan fingerprint density at radius 3 is 2.90 bits per heavy atom. The average molecular weight is 289 g/mol. The van der Waals surface area contributed by atoms with E-state index in [0.29, 0.717) is 11.5 Å². The number of hydrogen-bond acceptors (Lipinski definition) is 4. The van der Waals surface area contributed by atoms with Crippen LogP contribution in [0.5, 0.6) is 0 Å².